The minimum Gasteiger partial charge on any atom is -0.323 e. The van der Waals surface area contributed by atoms with Crippen molar-refractivity contribution in [1.82, 2.24) is 9.78 Å². The van der Waals surface area contributed by atoms with Gasteiger partial charge in [-0.25, -0.2) is 0 Å². The average Bonchev–Trinajstić information content (AvgIpc) is 2.84. The molecular weight excluding hydrogens is 186 g/mol. The van der Waals surface area contributed by atoms with Gasteiger partial charge in [-0.15, -0.1) is 0 Å². The lowest BCUT2D eigenvalue weighted by atomic mass is 9.97. The van der Waals surface area contributed by atoms with Crippen molar-refractivity contribution in [3.05, 3.63) is 18.0 Å². The molecule has 1 atom stereocenters. The smallest absolute Gasteiger partial charge is 0.0548 e. The Morgan fingerprint density at radius 2 is 2.27 bits per heavy atom. The van der Waals surface area contributed by atoms with Crippen LogP contribution in [0.5, 0.6) is 0 Å². The molecule has 1 aliphatic carbocycles. The standard InChI is InChI=1S/C12H21N3/c1-15-12(8-9-14-15)11(13)7-6-10-4-2-3-5-10/h8-11H,2-7,13H2,1H3. The molecule has 1 aliphatic rings. The van der Waals surface area contributed by atoms with Crippen molar-refractivity contribution in [3.63, 3.8) is 0 Å². The van der Waals surface area contributed by atoms with Crippen molar-refractivity contribution in [1.29, 1.82) is 0 Å². The predicted molar refractivity (Wildman–Crippen MR) is 61.3 cm³/mol. The highest BCUT2D eigenvalue weighted by Gasteiger charge is 2.17. The van der Waals surface area contributed by atoms with E-state index in [1.54, 1.807) is 0 Å². The van der Waals surface area contributed by atoms with E-state index >= 15 is 0 Å². The first-order valence-electron chi connectivity index (χ1n) is 6.01. The number of nitrogens with two attached hydrogens (primary N) is 1. The molecule has 15 heavy (non-hydrogen) atoms. The Labute approximate surface area is 91.7 Å². The van der Waals surface area contributed by atoms with Crippen LogP contribution in [0.2, 0.25) is 0 Å². The van der Waals surface area contributed by atoms with Gasteiger partial charge < -0.3 is 5.73 Å². The molecule has 1 aromatic heterocycles. The summed E-state index contributed by atoms with van der Waals surface area (Å²) in [5.74, 6) is 0.935. The third-order valence-electron chi connectivity index (χ3n) is 3.60. The van der Waals surface area contributed by atoms with E-state index in [0.29, 0.717) is 0 Å². The summed E-state index contributed by atoms with van der Waals surface area (Å²) in [5, 5.41) is 4.15. The van der Waals surface area contributed by atoms with E-state index in [1.807, 2.05) is 24.0 Å². The molecule has 84 valence electrons. The molecule has 1 heterocycles. The van der Waals surface area contributed by atoms with E-state index in [0.717, 1.165) is 18.0 Å². The van der Waals surface area contributed by atoms with Crippen LogP contribution >= 0.6 is 0 Å². The fourth-order valence-electron chi connectivity index (χ4n) is 2.61. The number of hydrogen-bond acceptors (Lipinski definition) is 2. The lowest BCUT2D eigenvalue weighted by molar-refractivity contribution is 0.444. The van der Waals surface area contributed by atoms with E-state index < -0.39 is 0 Å². The number of hydrogen-bond donors (Lipinski definition) is 1. The maximum absolute atomic E-state index is 6.16. The van der Waals surface area contributed by atoms with Gasteiger partial charge in [-0.1, -0.05) is 25.7 Å². The first-order valence-corrected chi connectivity index (χ1v) is 6.01. The van der Waals surface area contributed by atoms with Gasteiger partial charge in [-0.3, -0.25) is 4.68 Å². The fourth-order valence-corrected chi connectivity index (χ4v) is 2.61. The lowest BCUT2D eigenvalue weighted by Gasteiger charge is -2.14. The molecule has 0 aromatic carbocycles. The van der Waals surface area contributed by atoms with Crippen molar-refractivity contribution in [2.24, 2.45) is 18.7 Å². The van der Waals surface area contributed by atoms with Crippen LogP contribution in [-0.4, -0.2) is 9.78 Å². The second-order valence-electron chi connectivity index (χ2n) is 4.71. The van der Waals surface area contributed by atoms with Crippen LogP contribution in [0.25, 0.3) is 0 Å². The van der Waals surface area contributed by atoms with Gasteiger partial charge >= 0.3 is 0 Å². The molecule has 0 aliphatic heterocycles. The average molecular weight is 207 g/mol. The Bertz CT molecular complexity index is 300. The zero-order chi connectivity index (χ0) is 10.7. The van der Waals surface area contributed by atoms with E-state index in [-0.39, 0.29) is 6.04 Å². The molecule has 0 saturated heterocycles. The van der Waals surface area contributed by atoms with Crippen molar-refractivity contribution >= 4 is 0 Å². The Morgan fingerprint density at radius 1 is 1.53 bits per heavy atom. The summed E-state index contributed by atoms with van der Waals surface area (Å²) >= 11 is 0. The second kappa shape index (κ2) is 4.79. The second-order valence-corrected chi connectivity index (χ2v) is 4.71. The largest absolute Gasteiger partial charge is 0.323 e. The van der Waals surface area contributed by atoms with Crippen LogP contribution in [0.1, 0.15) is 50.3 Å². The third kappa shape index (κ3) is 2.59. The van der Waals surface area contributed by atoms with Gasteiger partial charge in [0, 0.05) is 19.3 Å². The monoisotopic (exact) mass is 207 g/mol. The van der Waals surface area contributed by atoms with Crippen LogP contribution in [0, 0.1) is 5.92 Å². The molecule has 1 saturated carbocycles. The van der Waals surface area contributed by atoms with Gasteiger partial charge in [0.1, 0.15) is 0 Å². The molecule has 2 rings (SSSR count). The minimum absolute atomic E-state index is 0.165. The predicted octanol–water partition coefficient (Wildman–Crippen LogP) is 2.39. The summed E-state index contributed by atoms with van der Waals surface area (Å²) in [6, 6.07) is 2.19. The van der Waals surface area contributed by atoms with Crippen molar-refractivity contribution in [2.75, 3.05) is 0 Å². The summed E-state index contributed by atoms with van der Waals surface area (Å²) in [6.07, 6.45) is 9.88. The van der Waals surface area contributed by atoms with Crippen LogP contribution in [0.4, 0.5) is 0 Å². The summed E-state index contributed by atoms with van der Waals surface area (Å²) in [5.41, 5.74) is 7.32. The molecule has 3 heteroatoms. The van der Waals surface area contributed by atoms with E-state index in [9.17, 15) is 0 Å². The first-order chi connectivity index (χ1) is 7.27. The van der Waals surface area contributed by atoms with Crippen LogP contribution in [-0.2, 0) is 7.05 Å². The molecule has 2 N–H and O–H groups in total. The fraction of sp³-hybridized carbons (Fsp3) is 0.750. The molecule has 1 fully saturated rings. The zero-order valence-electron chi connectivity index (χ0n) is 9.52. The maximum atomic E-state index is 6.16. The lowest BCUT2D eigenvalue weighted by Crippen LogP contribution is -2.15. The molecule has 1 aromatic rings. The topological polar surface area (TPSA) is 43.8 Å². The Kier molecular flexibility index (Phi) is 3.41. The van der Waals surface area contributed by atoms with Gasteiger partial charge in [0.15, 0.2) is 0 Å². The van der Waals surface area contributed by atoms with Gasteiger partial charge in [-0.05, 0) is 24.8 Å². The minimum atomic E-state index is 0.165. The van der Waals surface area contributed by atoms with E-state index in [4.69, 9.17) is 5.73 Å². The zero-order valence-corrected chi connectivity index (χ0v) is 9.52. The highest BCUT2D eigenvalue weighted by molar-refractivity contribution is 5.05. The van der Waals surface area contributed by atoms with E-state index in [2.05, 4.69) is 5.10 Å². The van der Waals surface area contributed by atoms with Gasteiger partial charge in [-0.2, -0.15) is 5.10 Å². The molecule has 0 spiro atoms. The Morgan fingerprint density at radius 3 is 2.87 bits per heavy atom. The summed E-state index contributed by atoms with van der Waals surface area (Å²) < 4.78 is 1.89. The highest BCUT2D eigenvalue weighted by atomic mass is 15.3. The van der Waals surface area contributed by atoms with E-state index in [1.165, 1.54) is 32.1 Å². The number of nitrogens with zero attached hydrogens (tertiary/aromatic N) is 2. The molecule has 0 bridgehead atoms. The molecular formula is C12H21N3. The molecule has 0 amide bonds. The van der Waals surface area contributed by atoms with Crippen LogP contribution in [0.15, 0.2) is 12.3 Å². The summed E-state index contributed by atoms with van der Waals surface area (Å²) in [7, 11) is 1.96. The SMILES string of the molecule is Cn1nccc1C(N)CCC1CCCC1. The van der Waals surface area contributed by atoms with Crippen molar-refractivity contribution in [2.45, 2.75) is 44.6 Å². The number of aromatic nitrogens is 2. The number of rotatable bonds is 4. The molecule has 1 unspecified atom stereocenters. The van der Waals surface area contributed by atoms with Gasteiger partial charge in [0.2, 0.25) is 0 Å². The quantitative estimate of drug-likeness (QED) is 0.824. The Balaban J connectivity index is 1.81. The molecule has 3 nitrogen and oxygen atoms in total. The maximum Gasteiger partial charge on any atom is 0.0548 e. The van der Waals surface area contributed by atoms with Gasteiger partial charge in [0.25, 0.3) is 0 Å². The third-order valence-corrected chi connectivity index (χ3v) is 3.60. The van der Waals surface area contributed by atoms with Crippen LogP contribution in [0.3, 0.4) is 0 Å². The summed E-state index contributed by atoms with van der Waals surface area (Å²) in [4.78, 5) is 0. The van der Waals surface area contributed by atoms with Crippen molar-refractivity contribution < 1.29 is 0 Å². The highest BCUT2D eigenvalue weighted by Crippen LogP contribution is 2.30. The first kappa shape index (κ1) is 10.7. The number of aryl methyl sites for hydroxylation is 1. The Hall–Kier alpha value is -0.830. The summed E-state index contributed by atoms with van der Waals surface area (Å²) in [6.45, 7) is 0. The van der Waals surface area contributed by atoms with Gasteiger partial charge in [0.05, 0.1) is 5.69 Å². The van der Waals surface area contributed by atoms with Crippen LogP contribution < -0.4 is 5.73 Å². The molecule has 0 radical (unpaired) electrons. The van der Waals surface area contributed by atoms with Crippen molar-refractivity contribution in [3.8, 4) is 0 Å². The normalized spacial score (nSPS) is 19.6.